The summed E-state index contributed by atoms with van der Waals surface area (Å²) in [5.41, 5.74) is 1.10. The van der Waals surface area contributed by atoms with Crippen LogP contribution in [0.2, 0.25) is 0 Å². The smallest absolute Gasteiger partial charge is 0.387 e. The third kappa shape index (κ3) is 2.97. The highest BCUT2D eigenvalue weighted by Gasteiger charge is 2.25. The van der Waals surface area contributed by atoms with Gasteiger partial charge in [-0.1, -0.05) is 12.1 Å². The molecule has 100 valence electrons. The second-order valence-electron chi connectivity index (χ2n) is 4.60. The van der Waals surface area contributed by atoms with Gasteiger partial charge in [-0.2, -0.15) is 8.78 Å². The molecule has 18 heavy (non-hydrogen) atoms. The van der Waals surface area contributed by atoms with Crippen molar-refractivity contribution in [2.45, 2.75) is 25.6 Å². The fourth-order valence-electron chi connectivity index (χ4n) is 2.04. The van der Waals surface area contributed by atoms with Gasteiger partial charge in [-0.25, -0.2) is 0 Å². The van der Waals surface area contributed by atoms with Crippen molar-refractivity contribution < 1.29 is 13.5 Å². The van der Waals surface area contributed by atoms with Crippen LogP contribution in [0.25, 0.3) is 0 Å². The Kier molecular flexibility index (Phi) is 4.14. The molecule has 1 aromatic carbocycles. The number of hydrogen-bond donors (Lipinski definition) is 1. The lowest BCUT2D eigenvalue weighted by atomic mass is 10.0. The minimum absolute atomic E-state index is 0.203. The molecule has 2 rings (SSSR count). The van der Waals surface area contributed by atoms with Gasteiger partial charge >= 0.3 is 6.61 Å². The molecule has 0 aliphatic carbocycles. The predicted octanol–water partition coefficient (Wildman–Crippen LogP) is 2.25. The molecule has 0 spiro atoms. The van der Waals surface area contributed by atoms with Crippen LogP contribution < -0.4 is 10.1 Å². The van der Waals surface area contributed by atoms with Gasteiger partial charge in [0.25, 0.3) is 0 Å². The third-order valence-corrected chi connectivity index (χ3v) is 3.53. The topological polar surface area (TPSA) is 24.5 Å². The number of hydrogen-bond acceptors (Lipinski definition) is 3. The Morgan fingerprint density at radius 3 is 2.33 bits per heavy atom. The highest BCUT2D eigenvalue weighted by Crippen LogP contribution is 2.24. The summed E-state index contributed by atoms with van der Waals surface area (Å²) in [5, 5.41) is 3.23. The summed E-state index contributed by atoms with van der Waals surface area (Å²) in [6.45, 7) is 1.36. The number of alkyl halides is 2. The molecule has 3 nitrogen and oxygen atoms in total. The van der Waals surface area contributed by atoms with Gasteiger partial charge in [0.2, 0.25) is 0 Å². The number of benzene rings is 1. The Balaban J connectivity index is 1.99. The van der Waals surface area contributed by atoms with Crippen molar-refractivity contribution in [2.75, 3.05) is 20.1 Å². The molecule has 1 heterocycles. The van der Waals surface area contributed by atoms with Crippen molar-refractivity contribution >= 4 is 0 Å². The van der Waals surface area contributed by atoms with Gasteiger partial charge in [0.15, 0.2) is 0 Å². The maximum atomic E-state index is 12.0. The Bertz CT molecular complexity index is 379. The molecule has 0 aromatic heterocycles. The van der Waals surface area contributed by atoms with E-state index >= 15 is 0 Å². The van der Waals surface area contributed by atoms with Crippen LogP contribution in [0.15, 0.2) is 24.3 Å². The fraction of sp³-hybridized carbons (Fsp3) is 0.538. The van der Waals surface area contributed by atoms with Crippen molar-refractivity contribution in [1.82, 2.24) is 10.2 Å². The molecule has 0 amide bonds. The van der Waals surface area contributed by atoms with Gasteiger partial charge in [-0.05, 0) is 31.7 Å². The lowest BCUT2D eigenvalue weighted by molar-refractivity contribution is -0.0498. The first-order chi connectivity index (χ1) is 8.58. The molecule has 5 heteroatoms. The second kappa shape index (κ2) is 5.63. The standard InChI is InChI=1S/C13H18F2N2O/c1-9(17(2)11-7-16-8-11)10-3-5-12(6-4-10)18-13(14)15/h3-6,9,11,13,16H,7-8H2,1-2H3. The Hall–Kier alpha value is -1.20. The van der Waals surface area contributed by atoms with E-state index in [1.54, 1.807) is 12.1 Å². The summed E-state index contributed by atoms with van der Waals surface area (Å²) in [7, 11) is 2.08. The fourth-order valence-corrected chi connectivity index (χ4v) is 2.04. The van der Waals surface area contributed by atoms with E-state index in [-0.39, 0.29) is 11.8 Å². The molecule has 1 N–H and O–H groups in total. The number of halogens is 2. The third-order valence-electron chi connectivity index (χ3n) is 3.53. The van der Waals surface area contributed by atoms with E-state index < -0.39 is 6.61 Å². The average Bonchev–Trinajstić information content (AvgIpc) is 2.26. The highest BCUT2D eigenvalue weighted by molar-refractivity contribution is 5.29. The van der Waals surface area contributed by atoms with Crippen LogP contribution >= 0.6 is 0 Å². The molecular weight excluding hydrogens is 238 g/mol. The molecule has 1 aliphatic heterocycles. The van der Waals surface area contributed by atoms with E-state index in [1.165, 1.54) is 0 Å². The van der Waals surface area contributed by atoms with Crippen molar-refractivity contribution in [1.29, 1.82) is 0 Å². The van der Waals surface area contributed by atoms with Crippen molar-refractivity contribution in [2.24, 2.45) is 0 Å². The van der Waals surface area contributed by atoms with E-state index in [0.717, 1.165) is 18.7 Å². The predicted molar refractivity (Wildman–Crippen MR) is 65.9 cm³/mol. The Morgan fingerprint density at radius 2 is 1.89 bits per heavy atom. The van der Waals surface area contributed by atoms with Crippen LogP contribution in [-0.2, 0) is 0 Å². The molecule has 0 radical (unpaired) electrons. The van der Waals surface area contributed by atoms with E-state index in [4.69, 9.17) is 0 Å². The molecule has 1 aromatic rings. The minimum atomic E-state index is -2.77. The lowest BCUT2D eigenvalue weighted by Crippen LogP contribution is -2.56. The van der Waals surface area contributed by atoms with E-state index in [9.17, 15) is 8.78 Å². The van der Waals surface area contributed by atoms with Crippen LogP contribution in [-0.4, -0.2) is 37.7 Å². The number of ether oxygens (including phenoxy) is 1. The van der Waals surface area contributed by atoms with E-state index in [2.05, 4.69) is 28.9 Å². The van der Waals surface area contributed by atoms with Crippen LogP contribution in [0.3, 0.4) is 0 Å². The van der Waals surface area contributed by atoms with Gasteiger partial charge in [0.1, 0.15) is 5.75 Å². The van der Waals surface area contributed by atoms with Gasteiger partial charge in [-0.15, -0.1) is 0 Å². The summed E-state index contributed by atoms with van der Waals surface area (Å²) in [5.74, 6) is 0.203. The Morgan fingerprint density at radius 1 is 1.28 bits per heavy atom. The first-order valence-electron chi connectivity index (χ1n) is 6.05. The molecule has 1 saturated heterocycles. The molecule has 0 bridgehead atoms. The molecule has 1 fully saturated rings. The van der Waals surface area contributed by atoms with Crippen LogP contribution in [0.5, 0.6) is 5.75 Å². The number of nitrogens with one attached hydrogen (secondary N) is 1. The number of rotatable bonds is 5. The summed E-state index contributed by atoms with van der Waals surface area (Å²) < 4.78 is 28.4. The molecule has 1 atom stereocenters. The SMILES string of the molecule is CC(c1ccc(OC(F)F)cc1)N(C)C1CNC1. The molecule has 0 saturated carbocycles. The monoisotopic (exact) mass is 256 g/mol. The van der Waals surface area contributed by atoms with Crippen LogP contribution in [0.1, 0.15) is 18.5 Å². The summed E-state index contributed by atoms with van der Waals surface area (Å²) in [4.78, 5) is 2.29. The van der Waals surface area contributed by atoms with Crippen LogP contribution in [0.4, 0.5) is 8.78 Å². The number of nitrogens with zero attached hydrogens (tertiary/aromatic N) is 1. The lowest BCUT2D eigenvalue weighted by Gasteiger charge is -2.39. The summed E-state index contributed by atoms with van der Waals surface area (Å²) >= 11 is 0. The normalized spacial score (nSPS) is 17.9. The second-order valence-corrected chi connectivity index (χ2v) is 4.60. The minimum Gasteiger partial charge on any atom is -0.435 e. The molecular formula is C13H18F2N2O. The average molecular weight is 256 g/mol. The zero-order chi connectivity index (χ0) is 13.1. The zero-order valence-corrected chi connectivity index (χ0v) is 10.6. The van der Waals surface area contributed by atoms with E-state index in [0.29, 0.717) is 6.04 Å². The van der Waals surface area contributed by atoms with Gasteiger partial charge in [-0.3, -0.25) is 4.90 Å². The maximum Gasteiger partial charge on any atom is 0.387 e. The first kappa shape index (κ1) is 13.2. The largest absolute Gasteiger partial charge is 0.435 e. The van der Waals surface area contributed by atoms with Crippen molar-refractivity contribution in [3.8, 4) is 5.75 Å². The van der Waals surface area contributed by atoms with Gasteiger partial charge in [0.05, 0.1) is 0 Å². The Labute approximate surface area is 106 Å². The van der Waals surface area contributed by atoms with E-state index in [1.807, 2.05) is 12.1 Å². The van der Waals surface area contributed by atoms with Gasteiger partial charge in [0, 0.05) is 25.2 Å². The number of likely N-dealkylation sites (N-methyl/N-ethyl adjacent to an activating group) is 1. The highest BCUT2D eigenvalue weighted by atomic mass is 19.3. The first-order valence-corrected chi connectivity index (χ1v) is 6.05. The van der Waals surface area contributed by atoms with Crippen molar-refractivity contribution in [3.63, 3.8) is 0 Å². The summed E-state index contributed by atoms with van der Waals surface area (Å²) in [6.07, 6.45) is 0. The molecule has 1 aliphatic rings. The quantitative estimate of drug-likeness (QED) is 0.874. The maximum absolute atomic E-state index is 12.0. The zero-order valence-electron chi connectivity index (χ0n) is 10.6. The summed E-state index contributed by atoms with van der Waals surface area (Å²) in [6, 6.07) is 7.67. The van der Waals surface area contributed by atoms with Crippen LogP contribution in [0, 0.1) is 0 Å². The van der Waals surface area contributed by atoms with Gasteiger partial charge < -0.3 is 10.1 Å². The molecule has 1 unspecified atom stereocenters. The van der Waals surface area contributed by atoms with Crippen molar-refractivity contribution in [3.05, 3.63) is 29.8 Å².